The van der Waals surface area contributed by atoms with Gasteiger partial charge in [0, 0.05) is 18.5 Å². The van der Waals surface area contributed by atoms with Gasteiger partial charge in [-0.1, -0.05) is 17.7 Å². The summed E-state index contributed by atoms with van der Waals surface area (Å²) in [5.74, 6) is 1.63. The van der Waals surface area contributed by atoms with Crippen molar-refractivity contribution in [1.29, 1.82) is 0 Å². The van der Waals surface area contributed by atoms with E-state index >= 15 is 0 Å². The Bertz CT molecular complexity index is 1240. The number of pyridine rings is 1. The molecule has 0 unspecified atom stereocenters. The average Bonchev–Trinajstić information content (AvgIpc) is 3.31. The van der Waals surface area contributed by atoms with Crippen LogP contribution in [0.4, 0.5) is 5.69 Å². The normalized spacial score (nSPS) is 10.6. The van der Waals surface area contributed by atoms with E-state index in [1.807, 2.05) is 37.4 Å². The summed E-state index contributed by atoms with van der Waals surface area (Å²) in [6.07, 6.45) is 8.32. The largest absolute Gasteiger partial charge is 0.457 e. The van der Waals surface area contributed by atoms with Gasteiger partial charge in [-0.15, -0.1) is 0 Å². The molecule has 0 fully saturated rings. The van der Waals surface area contributed by atoms with E-state index in [9.17, 15) is 0 Å². The van der Waals surface area contributed by atoms with Crippen molar-refractivity contribution in [3.63, 3.8) is 0 Å². The molecule has 0 saturated heterocycles. The number of aryl methyl sites for hydroxylation is 2. The molecule has 5 rings (SSSR count). The summed E-state index contributed by atoms with van der Waals surface area (Å²) in [5.41, 5.74) is 10.3. The zero-order chi connectivity index (χ0) is 19.5. The molecule has 0 saturated carbocycles. The maximum absolute atomic E-state index is 5.86. The van der Waals surface area contributed by atoms with Gasteiger partial charge in [0.2, 0.25) is 0 Å². The first-order valence-corrected chi connectivity index (χ1v) is 8.67. The summed E-state index contributed by atoms with van der Waals surface area (Å²) in [4.78, 5) is 7.96. The number of benzene rings is 1. The van der Waals surface area contributed by atoms with Gasteiger partial charge in [0.15, 0.2) is 5.65 Å². The van der Waals surface area contributed by atoms with Crippen LogP contribution < -0.4 is 10.5 Å². The van der Waals surface area contributed by atoms with Crippen LogP contribution in [0.25, 0.3) is 11.2 Å². The van der Waals surface area contributed by atoms with Crippen LogP contribution in [-0.4, -0.2) is 29.2 Å². The topological polar surface area (TPSA) is 95.6 Å². The molecule has 0 spiro atoms. The van der Waals surface area contributed by atoms with Gasteiger partial charge < -0.3 is 10.5 Å². The SMILES string of the molecule is Cc1ccc(Oc2ccn3ncnc3c2)c(C)c1.Nc1ccn2ncncc12. The van der Waals surface area contributed by atoms with E-state index in [-0.39, 0.29) is 0 Å². The Balaban J connectivity index is 0.000000162. The monoisotopic (exact) mass is 373 g/mol. The Labute approximate surface area is 161 Å². The minimum Gasteiger partial charge on any atom is -0.457 e. The molecule has 28 heavy (non-hydrogen) atoms. The van der Waals surface area contributed by atoms with Crippen LogP contribution >= 0.6 is 0 Å². The highest BCUT2D eigenvalue weighted by Gasteiger charge is 2.03. The number of fused-ring (bicyclic) bond motifs is 2. The third-order valence-electron chi connectivity index (χ3n) is 4.19. The van der Waals surface area contributed by atoms with E-state index in [4.69, 9.17) is 10.5 Å². The smallest absolute Gasteiger partial charge is 0.158 e. The Morgan fingerprint density at radius 3 is 2.57 bits per heavy atom. The number of hydrogen-bond donors (Lipinski definition) is 1. The first kappa shape index (κ1) is 17.5. The van der Waals surface area contributed by atoms with Crippen LogP contribution in [0.2, 0.25) is 0 Å². The van der Waals surface area contributed by atoms with Gasteiger partial charge in [-0.25, -0.2) is 19.0 Å². The molecule has 5 aromatic rings. The molecule has 140 valence electrons. The number of rotatable bonds is 2. The van der Waals surface area contributed by atoms with Crippen molar-refractivity contribution < 1.29 is 4.74 Å². The Morgan fingerprint density at radius 2 is 1.75 bits per heavy atom. The summed E-state index contributed by atoms with van der Waals surface area (Å²) in [6, 6.07) is 11.7. The van der Waals surface area contributed by atoms with E-state index in [1.165, 1.54) is 18.2 Å². The predicted octanol–water partition coefficient (Wildman–Crippen LogP) is 3.45. The van der Waals surface area contributed by atoms with Gasteiger partial charge in [-0.2, -0.15) is 10.2 Å². The van der Waals surface area contributed by atoms with Crippen molar-refractivity contribution in [3.8, 4) is 11.5 Å². The van der Waals surface area contributed by atoms with Crippen molar-refractivity contribution in [2.24, 2.45) is 0 Å². The maximum atomic E-state index is 5.86. The highest BCUT2D eigenvalue weighted by Crippen LogP contribution is 2.26. The second-order valence-electron chi connectivity index (χ2n) is 6.31. The number of nitrogens with zero attached hydrogens (tertiary/aromatic N) is 6. The third kappa shape index (κ3) is 3.61. The van der Waals surface area contributed by atoms with Crippen LogP contribution in [0.5, 0.6) is 11.5 Å². The van der Waals surface area contributed by atoms with Crippen LogP contribution in [0.15, 0.2) is 67.6 Å². The summed E-state index contributed by atoms with van der Waals surface area (Å²) in [6.45, 7) is 4.11. The molecule has 1 aromatic carbocycles. The van der Waals surface area contributed by atoms with Gasteiger partial charge in [0.1, 0.15) is 29.7 Å². The Hall–Kier alpha value is -3.94. The third-order valence-corrected chi connectivity index (χ3v) is 4.19. The molecular formula is C20H19N7O. The predicted molar refractivity (Wildman–Crippen MR) is 106 cm³/mol. The number of ether oxygens (including phenoxy) is 1. The van der Waals surface area contributed by atoms with Crippen LogP contribution in [0, 0.1) is 13.8 Å². The Kier molecular flexibility index (Phi) is 4.59. The summed E-state index contributed by atoms with van der Waals surface area (Å²) in [7, 11) is 0. The standard InChI is InChI=1S/C14H13N3O.C6H6N4/c1-10-3-4-13(11(2)7-10)18-12-5-6-17-14(8-12)15-9-16-17;7-5-1-2-10-6(5)3-8-4-9-10/h3-9H,1-2H3;1-4H,7H2. The molecular weight excluding hydrogens is 354 g/mol. The van der Waals surface area contributed by atoms with Gasteiger partial charge in [0.25, 0.3) is 0 Å². The first-order chi connectivity index (χ1) is 13.6. The molecule has 0 amide bonds. The Morgan fingerprint density at radius 1 is 0.929 bits per heavy atom. The molecule has 0 aliphatic heterocycles. The molecule has 0 atom stereocenters. The maximum Gasteiger partial charge on any atom is 0.158 e. The second kappa shape index (κ2) is 7.36. The van der Waals surface area contributed by atoms with Crippen molar-refractivity contribution in [2.45, 2.75) is 13.8 Å². The van der Waals surface area contributed by atoms with Crippen LogP contribution in [-0.2, 0) is 0 Å². The zero-order valence-corrected chi connectivity index (χ0v) is 15.5. The van der Waals surface area contributed by atoms with E-state index < -0.39 is 0 Å². The lowest BCUT2D eigenvalue weighted by Crippen LogP contribution is -1.91. The lowest BCUT2D eigenvalue weighted by Gasteiger charge is -2.09. The molecule has 4 aromatic heterocycles. The fourth-order valence-electron chi connectivity index (χ4n) is 2.77. The molecule has 8 heteroatoms. The van der Waals surface area contributed by atoms with Gasteiger partial charge in [-0.05, 0) is 37.6 Å². The molecule has 0 bridgehead atoms. The van der Waals surface area contributed by atoms with Crippen molar-refractivity contribution in [2.75, 3.05) is 5.73 Å². The fraction of sp³-hybridized carbons (Fsp3) is 0.100. The summed E-state index contributed by atoms with van der Waals surface area (Å²) >= 11 is 0. The highest BCUT2D eigenvalue weighted by atomic mass is 16.5. The number of nitrogens with two attached hydrogens (primary N) is 1. The fourth-order valence-corrected chi connectivity index (χ4v) is 2.77. The average molecular weight is 373 g/mol. The molecule has 0 radical (unpaired) electrons. The van der Waals surface area contributed by atoms with Crippen molar-refractivity contribution >= 4 is 16.9 Å². The van der Waals surface area contributed by atoms with E-state index in [0.29, 0.717) is 5.69 Å². The zero-order valence-electron chi connectivity index (χ0n) is 15.5. The van der Waals surface area contributed by atoms with Crippen LogP contribution in [0.1, 0.15) is 11.1 Å². The van der Waals surface area contributed by atoms with E-state index in [2.05, 4.69) is 33.2 Å². The van der Waals surface area contributed by atoms with E-state index in [0.717, 1.165) is 28.2 Å². The highest BCUT2D eigenvalue weighted by molar-refractivity contribution is 5.68. The van der Waals surface area contributed by atoms with Gasteiger partial charge in [-0.3, -0.25) is 0 Å². The van der Waals surface area contributed by atoms with Gasteiger partial charge in [0.05, 0.1) is 11.9 Å². The lowest BCUT2D eigenvalue weighted by molar-refractivity contribution is 0.478. The molecule has 0 aliphatic carbocycles. The lowest BCUT2D eigenvalue weighted by atomic mass is 10.1. The number of hydrogen-bond acceptors (Lipinski definition) is 6. The minimum absolute atomic E-state index is 0.709. The molecule has 0 aliphatic rings. The number of nitrogen functional groups attached to an aromatic ring is 1. The summed E-state index contributed by atoms with van der Waals surface area (Å²) in [5, 5.41) is 7.97. The quantitative estimate of drug-likeness (QED) is 0.509. The molecule has 2 N–H and O–H groups in total. The first-order valence-electron chi connectivity index (χ1n) is 8.67. The van der Waals surface area contributed by atoms with Gasteiger partial charge >= 0.3 is 0 Å². The molecule has 8 nitrogen and oxygen atoms in total. The number of anilines is 1. The summed E-state index contributed by atoms with van der Waals surface area (Å²) < 4.78 is 9.25. The number of aromatic nitrogens is 6. The van der Waals surface area contributed by atoms with Crippen molar-refractivity contribution in [3.05, 3.63) is 78.8 Å². The molecule has 4 heterocycles. The second-order valence-corrected chi connectivity index (χ2v) is 6.31. The van der Waals surface area contributed by atoms with E-state index in [1.54, 1.807) is 27.5 Å². The van der Waals surface area contributed by atoms with Crippen LogP contribution in [0.3, 0.4) is 0 Å². The van der Waals surface area contributed by atoms with Crippen molar-refractivity contribution in [1.82, 2.24) is 29.2 Å². The minimum atomic E-state index is 0.709.